The molecule has 2 rings (SSSR count). The van der Waals surface area contributed by atoms with Crippen LogP contribution in [0.15, 0.2) is 41.2 Å². The summed E-state index contributed by atoms with van der Waals surface area (Å²) in [4.78, 5) is 22.7. The zero-order chi connectivity index (χ0) is 13.0. The fourth-order valence-electron chi connectivity index (χ4n) is 2.12. The lowest BCUT2D eigenvalue weighted by atomic mass is 10.1. The molecule has 3 heteroatoms. The van der Waals surface area contributed by atoms with Crippen LogP contribution in [0.25, 0.3) is 10.9 Å². The summed E-state index contributed by atoms with van der Waals surface area (Å²) in [7, 11) is 0. The highest BCUT2D eigenvalue weighted by atomic mass is 16.1. The molecule has 0 spiro atoms. The van der Waals surface area contributed by atoms with E-state index in [9.17, 15) is 9.59 Å². The summed E-state index contributed by atoms with van der Waals surface area (Å²) in [5, 5.41) is 1.07. The van der Waals surface area contributed by atoms with Gasteiger partial charge in [-0.3, -0.25) is 4.79 Å². The SMILES string of the molecule is CC(=O)CCCCn1c(=O)ccc2ccccc21. The number of hydrogen-bond donors (Lipinski definition) is 0. The van der Waals surface area contributed by atoms with Gasteiger partial charge in [-0.1, -0.05) is 18.2 Å². The quantitative estimate of drug-likeness (QED) is 0.757. The molecule has 0 saturated carbocycles. The van der Waals surface area contributed by atoms with Gasteiger partial charge in [0.1, 0.15) is 5.78 Å². The second kappa shape index (κ2) is 5.63. The van der Waals surface area contributed by atoms with E-state index in [1.165, 1.54) is 0 Å². The predicted molar refractivity (Wildman–Crippen MR) is 72.7 cm³/mol. The van der Waals surface area contributed by atoms with Crippen LogP contribution in [0, 0.1) is 0 Å². The molecule has 0 aliphatic rings. The fourth-order valence-corrected chi connectivity index (χ4v) is 2.12. The number of fused-ring (bicyclic) bond motifs is 1. The van der Waals surface area contributed by atoms with Crippen LogP contribution in [0.1, 0.15) is 26.2 Å². The Balaban J connectivity index is 2.19. The maximum absolute atomic E-state index is 11.9. The normalized spacial score (nSPS) is 10.7. The van der Waals surface area contributed by atoms with Crippen molar-refractivity contribution in [1.82, 2.24) is 4.57 Å². The Labute approximate surface area is 106 Å². The number of rotatable bonds is 5. The number of benzene rings is 1. The Kier molecular flexibility index (Phi) is 3.92. The van der Waals surface area contributed by atoms with Gasteiger partial charge in [-0.2, -0.15) is 0 Å². The Bertz CT molecular complexity index is 613. The largest absolute Gasteiger partial charge is 0.308 e. The molecule has 18 heavy (non-hydrogen) atoms. The molecule has 94 valence electrons. The molecule has 0 unspecified atom stereocenters. The number of carbonyl (C=O) groups excluding carboxylic acids is 1. The van der Waals surface area contributed by atoms with Crippen molar-refractivity contribution in [2.24, 2.45) is 0 Å². The lowest BCUT2D eigenvalue weighted by molar-refractivity contribution is -0.117. The van der Waals surface area contributed by atoms with Crippen molar-refractivity contribution < 1.29 is 4.79 Å². The van der Waals surface area contributed by atoms with Gasteiger partial charge in [0.15, 0.2) is 0 Å². The lowest BCUT2D eigenvalue weighted by Gasteiger charge is -2.09. The van der Waals surface area contributed by atoms with Gasteiger partial charge in [0.25, 0.3) is 5.56 Å². The Hall–Kier alpha value is -1.90. The van der Waals surface area contributed by atoms with E-state index in [4.69, 9.17) is 0 Å². The number of aryl methyl sites for hydroxylation is 1. The molecule has 1 aromatic carbocycles. The lowest BCUT2D eigenvalue weighted by Crippen LogP contribution is -2.19. The van der Waals surface area contributed by atoms with Gasteiger partial charge in [-0.25, -0.2) is 0 Å². The highest BCUT2D eigenvalue weighted by Crippen LogP contribution is 2.11. The first-order valence-corrected chi connectivity index (χ1v) is 6.26. The third-order valence-corrected chi connectivity index (χ3v) is 3.06. The summed E-state index contributed by atoms with van der Waals surface area (Å²) in [6, 6.07) is 11.3. The molecule has 0 saturated heterocycles. The molecule has 0 fully saturated rings. The van der Waals surface area contributed by atoms with E-state index in [0.29, 0.717) is 13.0 Å². The molecule has 0 aliphatic carbocycles. The minimum Gasteiger partial charge on any atom is -0.308 e. The average molecular weight is 243 g/mol. The molecule has 2 aromatic rings. The smallest absolute Gasteiger partial charge is 0.251 e. The minimum atomic E-state index is 0.0246. The van der Waals surface area contributed by atoms with Crippen LogP contribution < -0.4 is 5.56 Å². The number of aromatic nitrogens is 1. The van der Waals surface area contributed by atoms with Crippen molar-refractivity contribution in [2.45, 2.75) is 32.7 Å². The minimum absolute atomic E-state index is 0.0246. The Morgan fingerprint density at radius 2 is 1.89 bits per heavy atom. The zero-order valence-electron chi connectivity index (χ0n) is 10.6. The second-order valence-corrected chi connectivity index (χ2v) is 4.54. The maximum Gasteiger partial charge on any atom is 0.251 e. The van der Waals surface area contributed by atoms with E-state index in [1.807, 2.05) is 30.3 Å². The van der Waals surface area contributed by atoms with Gasteiger partial charge in [0, 0.05) is 19.0 Å². The average Bonchev–Trinajstić information content (AvgIpc) is 2.36. The van der Waals surface area contributed by atoms with Crippen molar-refractivity contribution in [1.29, 1.82) is 0 Å². The van der Waals surface area contributed by atoms with Gasteiger partial charge in [-0.15, -0.1) is 0 Å². The summed E-state index contributed by atoms with van der Waals surface area (Å²) in [6.07, 6.45) is 2.29. The molecule has 0 N–H and O–H groups in total. The predicted octanol–water partition coefficient (Wildman–Crippen LogP) is 2.76. The zero-order valence-corrected chi connectivity index (χ0v) is 10.6. The van der Waals surface area contributed by atoms with Crippen molar-refractivity contribution in [3.63, 3.8) is 0 Å². The van der Waals surface area contributed by atoms with Crippen LogP contribution in [0.4, 0.5) is 0 Å². The van der Waals surface area contributed by atoms with Crippen LogP contribution in [0.2, 0.25) is 0 Å². The number of hydrogen-bond acceptors (Lipinski definition) is 2. The molecular weight excluding hydrogens is 226 g/mol. The van der Waals surface area contributed by atoms with Crippen LogP contribution in [0.3, 0.4) is 0 Å². The number of carbonyl (C=O) groups is 1. The van der Waals surface area contributed by atoms with Crippen molar-refractivity contribution >= 4 is 16.7 Å². The maximum atomic E-state index is 11.9. The van der Waals surface area contributed by atoms with Crippen molar-refractivity contribution in [3.05, 3.63) is 46.8 Å². The van der Waals surface area contributed by atoms with Crippen molar-refractivity contribution in [2.75, 3.05) is 0 Å². The third kappa shape index (κ3) is 2.86. The first-order chi connectivity index (χ1) is 8.68. The van der Waals surface area contributed by atoms with Gasteiger partial charge < -0.3 is 9.36 Å². The topological polar surface area (TPSA) is 39.1 Å². The molecular formula is C15H17NO2. The van der Waals surface area contributed by atoms with Crippen molar-refractivity contribution in [3.8, 4) is 0 Å². The number of para-hydroxylation sites is 1. The standard InChI is InChI=1S/C15H17NO2/c1-12(17)6-4-5-11-16-14-8-3-2-7-13(14)9-10-15(16)18/h2-3,7-10H,4-6,11H2,1H3. The van der Waals surface area contributed by atoms with Crippen LogP contribution in [-0.4, -0.2) is 10.4 Å². The number of nitrogens with zero attached hydrogens (tertiary/aromatic N) is 1. The molecule has 0 amide bonds. The summed E-state index contributed by atoms with van der Waals surface area (Å²) in [5.41, 5.74) is 0.990. The van der Waals surface area contributed by atoms with Gasteiger partial charge >= 0.3 is 0 Å². The molecule has 1 heterocycles. The highest BCUT2D eigenvalue weighted by molar-refractivity contribution is 5.78. The number of unbranched alkanes of at least 4 members (excludes halogenated alkanes) is 1. The van der Waals surface area contributed by atoms with Crippen LogP contribution in [-0.2, 0) is 11.3 Å². The summed E-state index contributed by atoms with van der Waals surface area (Å²) >= 11 is 0. The van der Waals surface area contributed by atoms with E-state index in [-0.39, 0.29) is 11.3 Å². The Morgan fingerprint density at radius 3 is 2.67 bits per heavy atom. The number of ketones is 1. The Morgan fingerprint density at radius 1 is 1.11 bits per heavy atom. The molecule has 0 aliphatic heterocycles. The molecule has 1 aromatic heterocycles. The third-order valence-electron chi connectivity index (χ3n) is 3.06. The summed E-state index contributed by atoms with van der Waals surface area (Å²) < 4.78 is 1.79. The van der Waals surface area contributed by atoms with Gasteiger partial charge in [0.05, 0.1) is 5.52 Å². The van der Waals surface area contributed by atoms with Crippen LogP contribution in [0.5, 0.6) is 0 Å². The van der Waals surface area contributed by atoms with Crippen LogP contribution >= 0.6 is 0 Å². The van der Waals surface area contributed by atoms with Gasteiger partial charge in [0.2, 0.25) is 0 Å². The summed E-state index contributed by atoms with van der Waals surface area (Å²) in [6.45, 7) is 2.28. The number of pyridine rings is 1. The van der Waals surface area contributed by atoms with E-state index in [2.05, 4.69) is 0 Å². The first-order valence-electron chi connectivity index (χ1n) is 6.26. The van der Waals surface area contributed by atoms with E-state index >= 15 is 0 Å². The fraction of sp³-hybridized carbons (Fsp3) is 0.333. The second-order valence-electron chi connectivity index (χ2n) is 4.54. The number of Topliss-reactive ketones (excluding diaryl/α,β-unsaturated/α-hetero) is 1. The van der Waals surface area contributed by atoms with E-state index in [1.54, 1.807) is 17.6 Å². The van der Waals surface area contributed by atoms with E-state index < -0.39 is 0 Å². The molecule has 0 atom stereocenters. The molecule has 0 bridgehead atoms. The molecule has 3 nitrogen and oxygen atoms in total. The summed E-state index contributed by atoms with van der Waals surface area (Å²) in [5.74, 6) is 0.209. The monoisotopic (exact) mass is 243 g/mol. The molecule has 0 radical (unpaired) electrons. The van der Waals surface area contributed by atoms with Gasteiger partial charge in [-0.05, 0) is 37.3 Å². The van der Waals surface area contributed by atoms with E-state index in [0.717, 1.165) is 23.7 Å². The first kappa shape index (κ1) is 12.6. The highest BCUT2D eigenvalue weighted by Gasteiger charge is 2.02.